The van der Waals surface area contributed by atoms with Gasteiger partial charge in [-0.15, -0.1) is 0 Å². The molecule has 120 valence electrons. The molecule has 0 fully saturated rings. The Morgan fingerprint density at radius 2 is 1.82 bits per heavy atom. The second kappa shape index (κ2) is 5.40. The summed E-state index contributed by atoms with van der Waals surface area (Å²) in [5.74, 6) is 0. The Hall–Kier alpha value is -1.87. The van der Waals surface area contributed by atoms with Gasteiger partial charge in [0.2, 0.25) is 15.6 Å². The van der Waals surface area contributed by atoms with Crippen molar-refractivity contribution in [2.45, 2.75) is 31.0 Å². The third kappa shape index (κ3) is 3.30. The quantitative estimate of drug-likeness (QED) is 0.903. The number of sulfonamides is 1. The molecule has 0 bridgehead atoms. The summed E-state index contributed by atoms with van der Waals surface area (Å²) in [5.41, 5.74) is -2.16. The lowest BCUT2D eigenvalue weighted by molar-refractivity contribution is -0.136. The Kier molecular flexibility index (Phi) is 4.05. The largest absolute Gasteiger partial charge is 0.417 e. The predicted octanol–water partition coefficient (Wildman–Crippen LogP) is 2.23. The Bertz CT molecular complexity index is 870. The monoisotopic (exact) mass is 334 g/mol. The van der Waals surface area contributed by atoms with Crippen LogP contribution in [-0.4, -0.2) is 19.4 Å². The van der Waals surface area contributed by atoms with E-state index in [-0.39, 0.29) is 15.8 Å². The number of aromatic amines is 1. The van der Waals surface area contributed by atoms with Gasteiger partial charge in [0, 0.05) is 23.0 Å². The van der Waals surface area contributed by atoms with Crippen LogP contribution in [0.1, 0.15) is 19.4 Å². The number of pyridine rings is 1. The van der Waals surface area contributed by atoms with Gasteiger partial charge in [0.05, 0.1) is 10.5 Å². The lowest BCUT2D eigenvalue weighted by Gasteiger charge is -2.13. The molecular weight excluding hydrogens is 321 g/mol. The summed E-state index contributed by atoms with van der Waals surface area (Å²) in [6.45, 7) is 3.19. The Morgan fingerprint density at radius 1 is 1.18 bits per heavy atom. The minimum absolute atomic E-state index is 0.0803. The van der Waals surface area contributed by atoms with E-state index in [4.69, 9.17) is 0 Å². The van der Waals surface area contributed by atoms with E-state index in [1.165, 1.54) is 0 Å². The molecule has 5 nitrogen and oxygen atoms in total. The van der Waals surface area contributed by atoms with Crippen LogP contribution in [0, 0.1) is 0 Å². The maximum atomic E-state index is 13.0. The molecule has 0 aliphatic carbocycles. The zero-order chi connectivity index (χ0) is 16.7. The molecule has 0 unspecified atom stereocenters. The van der Waals surface area contributed by atoms with Crippen molar-refractivity contribution >= 4 is 20.9 Å². The first-order chi connectivity index (χ1) is 10.0. The fourth-order valence-corrected chi connectivity index (χ4v) is 3.29. The highest BCUT2D eigenvalue weighted by atomic mass is 32.2. The Balaban J connectivity index is 2.74. The normalized spacial score (nSPS) is 13.0. The molecule has 2 N–H and O–H groups in total. The van der Waals surface area contributed by atoms with Gasteiger partial charge in [-0.05, 0) is 32.0 Å². The number of benzene rings is 1. The molecule has 0 saturated carbocycles. The fourth-order valence-electron chi connectivity index (χ4n) is 2.01. The molecule has 22 heavy (non-hydrogen) atoms. The summed E-state index contributed by atoms with van der Waals surface area (Å²) in [5, 5.41) is -0.376. The van der Waals surface area contributed by atoms with Crippen molar-refractivity contribution in [1.29, 1.82) is 0 Å². The lowest BCUT2D eigenvalue weighted by atomic mass is 10.1. The van der Waals surface area contributed by atoms with Crippen LogP contribution in [-0.2, 0) is 16.2 Å². The molecule has 0 aliphatic rings. The Morgan fingerprint density at radius 3 is 2.36 bits per heavy atom. The molecule has 0 saturated heterocycles. The van der Waals surface area contributed by atoms with E-state index in [0.717, 1.165) is 18.2 Å². The van der Waals surface area contributed by atoms with Crippen LogP contribution in [0.15, 0.2) is 34.0 Å². The van der Waals surface area contributed by atoms with Crippen molar-refractivity contribution in [2.24, 2.45) is 0 Å². The van der Waals surface area contributed by atoms with Crippen LogP contribution in [0.5, 0.6) is 0 Å². The van der Waals surface area contributed by atoms with Gasteiger partial charge in [-0.25, -0.2) is 13.1 Å². The zero-order valence-corrected chi connectivity index (χ0v) is 12.5. The molecular formula is C13H13F3N2O3S. The first-order valence-electron chi connectivity index (χ1n) is 6.27. The SMILES string of the molecule is CC(C)NS(=O)(=O)c1ccc2[nH]c(=O)cc(C(F)(F)F)c2c1. The molecule has 0 atom stereocenters. The van der Waals surface area contributed by atoms with Gasteiger partial charge in [0.1, 0.15) is 0 Å². The van der Waals surface area contributed by atoms with Crippen LogP contribution in [0.25, 0.3) is 10.9 Å². The molecule has 0 spiro atoms. The maximum absolute atomic E-state index is 13.0. The molecule has 1 heterocycles. The molecule has 2 aromatic rings. The first kappa shape index (κ1) is 16.5. The second-order valence-corrected chi connectivity index (χ2v) is 6.74. The average molecular weight is 334 g/mol. The van der Waals surface area contributed by atoms with Gasteiger partial charge in [0.25, 0.3) is 0 Å². The van der Waals surface area contributed by atoms with Crippen molar-refractivity contribution in [3.8, 4) is 0 Å². The van der Waals surface area contributed by atoms with E-state index >= 15 is 0 Å². The topological polar surface area (TPSA) is 79.0 Å². The summed E-state index contributed by atoms with van der Waals surface area (Å²) < 4.78 is 65.4. The number of hydrogen-bond acceptors (Lipinski definition) is 3. The standard InChI is InChI=1S/C13H13F3N2O3S/c1-7(2)18-22(20,21)8-3-4-11-9(5-8)10(13(14,15)16)6-12(19)17-11/h3-7,18H,1-2H3,(H,17,19). The number of aromatic nitrogens is 1. The first-order valence-corrected chi connectivity index (χ1v) is 7.75. The van der Waals surface area contributed by atoms with E-state index in [1.807, 2.05) is 0 Å². The summed E-state index contributed by atoms with van der Waals surface area (Å²) >= 11 is 0. The van der Waals surface area contributed by atoms with Crippen LogP contribution in [0.3, 0.4) is 0 Å². The minimum atomic E-state index is -4.76. The number of halogens is 3. The molecule has 9 heteroatoms. The fraction of sp³-hybridized carbons (Fsp3) is 0.308. The minimum Gasteiger partial charge on any atom is -0.322 e. The van der Waals surface area contributed by atoms with E-state index in [2.05, 4.69) is 9.71 Å². The van der Waals surface area contributed by atoms with Crippen molar-refractivity contribution in [3.05, 3.63) is 40.2 Å². The number of hydrogen-bond donors (Lipinski definition) is 2. The van der Waals surface area contributed by atoms with Crippen LogP contribution < -0.4 is 10.3 Å². The number of alkyl halides is 3. The van der Waals surface area contributed by atoms with Gasteiger partial charge >= 0.3 is 6.18 Å². The van der Waals surface area contributed by atoms with Crippen LogP contribution in [0.2, 0.25) is 0 Å². The second-order valence-electron chi connectivity index (χ2n) is 5.03. The van der Waals surface area contributed by atoms with E-state index in [0.29, 0.717) is 6.07 Å². The van der Waals surface area contributed by atoms with E-state index in [1.54, 1.807) is 13.8 Å². The van der Waals surface area contributed by atoms with Crippen molar-refractivity contribution in [2.75, 3.05) is 0 Å². The Labute approximate surface area is 124 Å². The number of fused-ring (bicyclic) bond motifs is 1. The predicted molar refractivity (Wildman–Crippen MR) is 75.0 cm³/mol. The average Bonchev–Trinajstić information content (AvgIpc) is 2.34. The maximum Gasteiger partial charge on any atom is 0.417 e. The summed E-state index contributed by atoms with van der Waals surface area (Å²) in [4.78, 5) is 13.2. The molecule has 0 aliphatic heterocycles. The van der Waals surface area contributed by atoms with Gasteiger partial charge in [-0.1, -0.05) is 0 Å². The highest BCUT2D eigenvalue weighted by Gasteiger charge is 2.33. The number of H-pyrrole nitrogens is 1. The summed E-state index contributed by atoms with van der Waals surface area (Å²) in [7, 11) is -3.93. The van der Waals surface area contributed by atoms with Crippen molar-refractivity contribution in [3.63, 3.8) is 0 Å². The molecule has 1 aromatic heterocycles. The highest BCUT2D eigenvalue weighted by Crippen LogP contribution is 2.34. The third-order valence-corrected chi connectivity index (χ3v) is 4.48. The van der Waals surface area contributed by atoms with Crippen molar-refractivity contribution < 1.29 is 21.6 Å². The van der Waals surface area contributed by atoms with Gasteiger partial charge in [0.15, 0.2) is 0 Å². The van der Waals surface area contributed by atoms with Gasteiger partial charge in [-0.2, -0.15) is 13.2 Å². The highest BCUT2D eigenvalue weighted by molar-refractivity contribution is 7.89. The van der Waals surface area contributed by atoms with Crippen LogP contribution in [0.4, 0.5) is 13.2 Å². The van der Waals surface area contributed by atoms with Gasteiger partial charge in [-0.3, -0.25) is 4.79 Å². The smallest absolute Gasteiger partial charge is 0.322 e. The lowest BCUT2D eigenvalue weighted by Crippen LogP contribution is -2.30. The number of rotatable bonds is 3. The zero-order valence-electron chi connectivity index (χ0n) is 11.7. The molecule has 0 radical (unpaired) electrons. The summed E-state index contributed by atoms with van der Waals surface area (Å²) in [6, 6.07) is 3.19. The van der Waals surface area contributed by atoms with E-state index in [9.17, 15) is 26.4 Å². The van der Waals surface area contributed by atoms with E-state index < -0.39 is 33.4 Å². The molecule has 2 rings (SSSR count). The molecule has 1 aromatic carbocycles. The third-order valence-electron chi connectivity index (χ3n) is 2.82. The molecule has 0 amide bonds. The number of nitrogens with one attached hydrogen (secondary N) is 2. The van der Waals surface area contributed by atoms with Gasteiger partial charge < -0.3 is 4.98 Å². The summed E-state index contributed by atoms with van der Waals surface area (Å²) in [6.07, 6.45) is -4.76. The van der Waals surface area contributed by atoms with Crippen molar-refractivity contribution in [1.82, 2.24) is 9.71 Å². The van der Waals surface area contributed by atoms with Crippen LogP contribution >= 0.6 is 0 Å².